The molecule has 3 aromatic rings. The molecule has 146 valence electrons. The van der Waals surface area contributed by atoms with Gasteiger partial charge in [-0.3, -0.25) is 4.98 Å². The van der Waals surface area contributed by atoms with Gasteiger partial charge < -0.3 is 15.3 Å². The van der Waals surface area contributed by atoms with Crippen LogP contribution in [0.3, 0.4) is 0 Å². The van der Waals surface area contributed by atoms with Crippen molar-refractivity contribution in [2.24, 2.45) is 0 Å². The number of aromatic hydroxyl groups is 1. The Morgan fingerprint density at radius 1 is 1.18 bits per heavy atom. The van der Waals surface area contributed by atoms with E-state index in [1.807, 2.05) is 18.9 Å². The van der Waals surface area contributed by atoms with Crippen molar-refractivity contribution in [1.82, 2.24) is 29.9 Å². The first-order valence-corrected chi connectivity index (χ1v) is 9.50. The van der Waals surface area contributed by atoms with Crippen LogP contribution in [0.2, 0.25) is 0 Å². The summed E-state index contributed by atoms with van der Waals surface area (Å²) in [6.07, 6.45) is 8.15. The molecule has 2 bridgehead atoms. The number of aromatic nitrogens is 5. The van der Waals surface area contributed by atoms with E-state index < -0.39 is 6.17 Å². The minimum Gasteiger partial charge on any atom is -0.504 e. The molecule has 1 unspecified atom stereocenters. The zero-order valence-corrected chi connectivity index (χ0v) is 15.7. The molecule has 0 saturated carbocycles. The Labute approximate surface area is 161 Å². The van der Waals surface area contributed by atoms with Gasteiger partial charge in [-0.25, -0.2) is 18.9 Å². The summed E-state index contributed by atoms with van der Waals surface area (Å²) in [5.74, 6) is 0.625. The van der Waals surface area contributed by atoms with Crippen LogP contribution < -0.4 is 10.2 Å². The Balaban J connectivity index is 1.42. The van der Waals surface area contributed by atoms with Crippen LogP contribution in [0.4, 0.5) is 10.2 Å². The smallest absolute Gasteiger partial charge is 0.197 e. The number of fused-ring (bicyclic) bond motifs is 3. The van der Waals surface area contributed by atoms with E-state index in [0.717, 1.165) is 25.0 Å². The molecule has 5 heterocycles. The summed E-state index contributed by atoms with van der Waals surface area (Å²) in [4.78, 5) is 15.0. The van der Waals surface area contributed by atoms with Gasteiger partial charge in [0.25, 0.3) is 0 Å². The zero-order valence-electron chi connectivity index (χ0n) is 15.7. The van der Waals surface area contributed by atoms with Crippen LogP contribution in [0.1, 0.15) is 25.0 Å². The maximum Gasteiger partial charge on any atom is 0.197 e. The van der Waals surface area contributed by atoms with Crippen molar-refractivity contribution >= 4 is 11.5 Å². The number of alkyl halides is 1. The molecule has 28 heavy (non-hydrogen) atoms. The van der Waals surface area contributed by atoms with Crippen molar-refractivity contribution in [1.29, 1.82) is 0 Å². The van der Waals surface area contributed by atoms with E-state index in [9.17, 15) is 9.50 Å². The molecule has 2 aliphatic heterocycles. The zero-order chi connectivity index (χ0) is 19.4. The standard InChI is InChI=1S/C19H22FN7O/c1-10-6-23-19-18(28)12(7-24-27(10)19)14-8-22-16(9-21-14)26(2)15-5-11-3-4-13(25-11)17(15)20/h6-9,11,13,15,17,25,28H,3-5H2,1-2H3/t11?,13-,15+,17-/m0/s1. The average molecular weight is 383 g/mol. The largest absolute Gasteiger partial charge is 0.504 e. The topological polar surface area (TPSA) is 91.5 Å². The number of nitrogens with zero attached hydrogens (tertiary/aromatic N) is 6. The highest BCUT2D eigenvalue weighted by Gasteiger charge is 2.43. The fourth-order valence-electron chi connectivity index (χ4n) is 4.38. The summed E-state index contributed by atoms with van der Waals surface area (Å²) in [5, 5.41) is 18.2. The van der Waals surface area contributed by atoms with Crippen molar-refractivity contribution in [2.45, 2.75) is 50.5 Å². The molecule has 0 radical (unpaired) electrons. The number of rotatable bonds is 3. The van der Waals surface area contributed by atoms with Gasteiger partial charge in [-0.2, -0.15) is 5.10 Å². The van der Waals surface area contributed by atoms with E-state index in [4.69, 9.17) is 0 Å². The Morgan fingerprint density at radius 2 is 2.04 bits per heavy atom. The number of halogens is 1. The van der Waals surface area contributed by atoms with Crippen LogP contribution in [0.5, 0.6) is 5.75 Å². The number of nitrogens with one attached hydrogen (secondary N) is 1. The summed E-state index contributed by atoms with van der Waals surface area (Å²) in [5.41, 5.74) is 2.16. The van der Waals surface area contributed by atoms with E-state index >= 15 is 0 Å². The van der Waals surface area contributed by atoms with E-state index in [0.29, 0.717) is 28.8 Å². The van der Waals surface area contributed by atoms with Crippen molar-refractivity contribution in [2.75, 3.05) is 11.9 Å². The lowest BCUT2D eigenvalue weighted by molar-refractivity contribution is 0.176. The number of hydrogen-bond acceptors (Lipinski definition) is 7. The van der Waals surface area contributed by atoms with Crippen LogP contribution in [-0.4, -0.2) is 61.0 Å². The van der Waals surface area contributed by atoms with E-state index in [-0.39, 0.29) is 17.8 Å². The van der Waals surface area contributed by atoms with Gasteiger partial charge in [-0.1, -0.05) is 0 Å². The molecule has 8 nitrogen and oxygen atoms in total. The number of piperidine rings is 1. The van der Waals surface area contributed by atoms with Gasteiger partial charge in [0.05, 0.1) is 47.8 Å². The lowest BCUT2D eigenvalue weighted by atomic mass is 9.96. The van der Waals surface area contributed by atoms with Crippen molar-refractivity contribution < 1.29 is 9.50 Å². The molecular formula is C19H22FN7O. The molecule has 5 rings (SSSR count). The Kier molecular flexibility index (Phi) is 3.94. The van der Waals surface area contributed by atoms with Crippen molar-refractivity contribution in [3.8, 4) is 17.0 Å². The molecular weight excluding hydrogens is 361 g/mol. The van der Waals surface area contributed by atoms with Gasteiger partial charge in [0.2, 0.25) is 0 Å². The molecule has 2 N–H and O–H groups in total. The molecule has 0 spiro atoms. The summed E-state index contributed by atoms with van der Waals surface area (Å²) in [6, 6.07) is 0.105. The summed E-state index contributed by atoms with van der Waals surface area (Å²) in [7, 11) is 1.87. The fraction of sp³-hybridized carbons (Fsp3) is 0.474. The third-order valence-corrected chi connectivity index (χ3v) is 6.00. The Morgan fingerprint density at radius 3 is 2.82 bits per heavy atom. The lowest BCUT2D eigenvalue weighted by Crippen LogP contribution is -2.55. The normalized spacial score (nSPS) is 26.7. The SMILES string of the molecule is Cc1cnc2c(O)c(-c3cnc(N(C)[C@@H]4CC5CC[C@H](N5)[C@@H]4F)cn3)cnn12. The molecule has 3 aromatic heterocycles. The van der Waals surface area contributed by atoms with Crippen LogP contribution >= 0.6 is 0 Å². The van der Waals surface area contributed by atoms with Gasteiger partial charge in [-0.05, 0) is 26.2 Å². The summed E-state index contributed by atoms with van der Waals surface area (Å²) >= 11 is 0. The minimum absolute atomic E-state index is 0.0113. The highest BCUT2D eigenvalue weighted by molar-refractivity contribution is 5.73. The molecule has 2 saturated heterocycles. The lowest BCUT2D eigenvalue weighted by Gasteiger charge is -2.38. The first kappa shape index (κ1) is 17.3. The summed E-state index contributed by atoms with van der Waals surface area (Å²) in [6.45, 7) is 1.86. The predicted octanol–water partition coefficient (Wildman–Crippen LogP) is 1.87. The predicted molar refractivity (Wildman–Crippen MR) is 102 cm³/mol. The third-order valence-electron chi connectivity index (χ3n) is 6.00. The quantitative estimate of drug-likeness (QED) is 0.713. The van der Waals surface area contributed by atoms with Gasteiger partial charge >= 0.3 is 0 Å². The van der Waals surface area contributed by atoms with Gasteiger partial charge in [-0.15, -0.1) is 0 Å². The van der Waals surface area contributed by atoms with Crippen molar-refractivity contribution in [3.63, 3.8) is 0 Å². The van der Waals surface area contributed by atoms with Gasteiger partial charge in [0.1, 0.15) is 12.0 Å². The Hall–Kier alpha value is -2.81. The molecule has 4 atom stereocenters. The maximum atomic E-state index is 14.8. The Bertz CT molecular complexity index is 1020. The number of aryl methyl sites for hydroxylation is 1. The average Bonchev–Trinajstić information content (AvgIpc) is 3.29. The maximum absolute atomic E-state index is 14.8. The van der Waals surface area contributed by atoms with Crippen LogP contribution in [0, 0.1) is 6.92 Å². The second kappa shape index (κ2) is 6.37. The van der Waals surface area contributed by atoms with Crippen LogP contribution in [0.15, 0.2) is 24.8 Å². The van der Waals surface area contributed by atoms with Crippen LogP contribution in [0.25, 0.3) is 16.9 Å². The molecule has 2 fully saturated rings. The molecule has 0 amide bonds. The molecule has 9 heteroatoms. The van der Waals surface area contributed by atoms with E-state index in [1.165, 1.54) is 0 Å². The minimum atomic E-state index is -0.926. The first-order chi connectivity index (χ1) is 13.5. The second-order valence-electron chi connectivity index (χ2n) is 7.71. The first-order valence-electron chi connectivity index (χ1n) is 9.50. The molecule has 2 aliphatic rings. The second-order valence-corrected chi connectivity index (χ2v) is 7.71. The monoisotopic (exact) mass is 383 g/mol. The fourth-order valence-corrected chi connectivity index (χ4v) is 4.38. The summed E-state index contributed by atoms with van der Waals surface area (Å²) < 4.78 is 16.4. The molecule has 0 aromatic carbocycles. The highest BCUT2D eigenvalue weighted by atomic mass is 19.1. The number of hydrogen-bond donors (Lipinski definition) is 2. The number of anilines is 1. The van der Waals surface area contributed by atoms with Gasteiger partial charge in [0.15, 0.2) is 11.4 Å². The van der Waals surface area contributed by atoms with E-state index in [2.05, 4.69) is 25.4 Å². The third kappa shape index (κ3) is 2.61. The highest BCUT2D eigenvalue weighted by Crippen LogP contribution is 2.34. The number of imidazole rings is 1. The van der Waals surface area contributed by atoms with Crippen molar-refractivity contribution in [3.05, 3.63) is 30.5 Å². The van der Waals surface area contributed by atoms with Gasteiger partial charge in [0, 0.05) is 19.1 Å². The van der Waals surface area contributed by atoms with E-state index in [1.54, 1.807) is 29.3 Å². The van der Waals surface area contributed by atoms with Crippen LogP contribution in [-0.2, 0) is 0 Å². The molecule has 0 aliphatic carbocycles.